The molecule has 5 heteroatoms. The van der Waals surface area contributed by atoms with E-state index in [2.05, 4.69) is 10.1 Å². The summed E-state index contributed by atoms with van der Waals surface area (Å²) in [6.07, 6.45) is 1.81. The second-order valence-corrected chi connectivity index (χ2v) is 5.02. The normalized spacial score (nSPS) is 11.6. The van der Waals surface area contributed by atoms with Gasteiger partial charge >= 0.3 is 5.97 Å². The number of rotatable bonds is 5. The number of thiophene rings is 1. The molecule has 0 saturated heterocycles. The summed E-state index contributed by atoms with van der Waals surface area (Å²) in [6.45, 7) is 3.12. The zero-order valence-electron chi connectivity index (χ0n) is 9.25. The van der Waals surface area contributed by atoms with Gasteiger partial charge < -0.3 is 10.1 Å². The summed E-state index contributed by atoms with van der Waals surface area (Å²) in [7, 11) is 1.38. The summed E-state index contributed by atoms with van der Waals surface area (Å²) in [5.74, 6) is -0.291. The van der Waals surface area contributed by atoms with E-state index in [0.29, 0.717) is 12.1 Å². The Balaban J connectivity index is 2.28. The zero-order valence-corrected chi connectivity index (χ0v) is 10.8. The van der Waals surface area contributed by atoms with Crippen molar-refractivity contribution in [3.8, 4) is 0 Å². The minimum atomic E-state index is -0.291. The summed E-state index contributed by atoms with van der Waals surface area (Å²) in [5, 5.41) is 3.19. The molecule has 0 fully saturated rings. The first-order valence-corrected chi connectivity index (χ1v) is 6.03. The molecule has 16 heavy (non-hydrogen) atoms. The monoisotopic (exact) mass is 259 g/mol. The molecule has 0 aromatic carbocycles. The minimum Gasteiger partial charge on any atom is -0.466 e. The highest BCUT2D eigenvalue weighted by Crippen LogP contribution is 2.20. The van der Waals surface area contributed by atoms with Gasteiger partial charge in [0.2, 0.25) is 0 Å². The van der Waals surface area contributed by atoms with Crippen LogP contribution in [0.15, 0.2) is 23.8 Å². The van der Waals surface area contributed by atoms with E-state index in [1.165, 1.54) is 12.0 Å². The van der Waals surface area contributed by atoms with Crippen LogP contribution in [-0.2, 0) is 16.1 Å². The summed E-state index contributed by atoms with van der Waals surface area (Å²) in [5.41, 5.74) is 0.610. The smallest absolute Gasteiger partial charge is 0.333 e. The van der Waals surface area contributed by atoms with E-state index < -0.39 is 0 Å². The molecule has 1 heterocycles. The van der Waals surface area contributed by atoms with Crippen LogP contribution in [0, 0.1) is 0 Å². The molecule has 0 radical (unpaired) electrons. The Morgan fingerprint density at radius 3 is 2.94 bits per heavy atom. The average molecular weight is 260 g/mol. The fourth-order valence-corrected chi connectivity index (χ4v) is 2.17. The van der Waals surface area contributed by atoms with E-state index in [1.54, 1.807) is 24.3 Å². The van der Waals surface area contributed by atoms with Crippen LogP contribution in [0.2, 0.25) is 4.34 Å². The fraction of sp³-hybridized carbons (Fsp3) is 0.364. The lowest BCUT2D eigenvalue weighted by Gasteiger charge is -2.00. The van der Waals surface area contributed by atoms with Crippen molar-refractivity contribution in [1.82, 2.24) is 5.32 Å². The number of hydrogen-bond donors (Lipinski definition) is 1. The number of nitrogens with one attached hydrogen (secondary N) is 1. The average Bonchev–Trinajstić information content (AvgIpc) is 2.69. The Kier molecular flexibility index (Phi) is 5.52. The topological polar surface area (TPSA) is 38.3 Å². The van der Waals surface area contributed by atoms with Crippen molar-refractivity contribution in [3.63, 3.8) is 0 Å². The Labute approximate surface area is 104 Å². The largest absolute Gasteiger partial charge is 0.466 e. The molecule has 1 N–H and O–H groups in total. The van der Waals surface area contributed by atoms with Crippen molar-refractivity contribution in [2.24, 2.45) is 0 Å². The fourth-order valence-electron chi connectivity index (χ4n) is 1.11. The van der Waals surface area contributed by atoms with E-state index in [0.717, 1.165) is 10.9 Å². The van der Waals surface area contributed by atoms with Gasteiger partial charge in [-0.25, -0.2) is 4.79 Å². The van der Waals surface area contributed by atoms with E-state index in [9.17, 15) is 4.79 Å². The van der Waals surface area contributed by atoms with Gasteiger partial charge in [-0.1, -0.05) is 17.7 Å². The molecule has 0 saturated carbocycles. The predicted octanol–water partition coefficient (Wildman–Crippen LogP) is 2.61. The molecular formula is C11H14ClNO2S. The number of esters is 1. The van der Waals surface area contributed by atoms with E-state index in [-0.39, 0.29) is 5.97 Å². The van der Waals surface area contributed by atoms with Crippen molar-refractivity contribution in [2.75, 3.05) is 13.7 Å². The lowest BCUT2D eigenvalue weighted by molar-refractivity contribution is -0.136. The Morgan fingerprint density at radius 1 is 1.62 bits per heavy atom. The molecule has 1 aromatic rings. The van der Waals surface area contributed by atoms with Gasteiger partial charge in [0.15, 0.2) is 0 Å². The molecule has 0 atom stereocenters. The molecule has 0 aliphatic carbocycles. The highest BCUT2D eigenvalue weighted by atomic mass is 35.5. The zero-order chi connectivity index (χ0) is 12.0. The van der Waals surface area contributed by atoms with Crippen LogP contribution >= 0.6 is 22.9 Å². The summed E-state index contributed by atoms with van der Waals surface area (Å²) in [4.78, 5) is 12.2. The lowest BCUT2D eigenvalue weighted by Crippen LogP contribution is -2.13. The summed E-state index contributed by atoms with van der Waals surface area (Å²) < 4.78 is 5.37. The first-order valence-electron chi connectivity index (χ1n) is 4.83. The van der Waals surface area contributed by atoms with Crippen LogP contribution in [0.5, 0.6) is 0 Å². The van der Waals surface area contributed by atoms with Crippen molar-refractivity contribution < 1.29 is 9.53 Å². The molecule has 1 aromatic heterocycles. The second kappa shape index (κ2) is 6.68. The third kappa shape index (κ3) is 4.35. The second-order valence-electron chi connectivity index (χ2n) is 3.22. The summed E-state index contributed by atoms with van der Waals surface area (Å²) >= 11 is 7.35. The van der Waals surface area contributed by atoms with Crippen molar-refractivity contribution in [1.29, 1.82) is 0 Å². The number of methoxy groups -OCH3 is 1. The minimum absolute atomic E-state index is 0.291. The lowest BCUT2D eigenvalue weighted by atomic mass is 10.3. The summed E-state index contributed by atoms with van der Waals surface area (Å²) in [6, 6.07) is 3.86. The molecule has 0 amide bonds. The third-order valence-electron chi connectivity index (χ3n) is 1.99. The van der Waals surface area contributed by atoms with Crippen LogP contribution in [0.4, 0.5) is 0 Å². The van der Waals surface area contributed by atoms with Gasteiger partial charge in [0, 0.05) is 23.5 Å². The van der Waals surface area contributed by atoms with Crippen LogP contribution in [-0.4, -0.2) is 19.6 Å². The molecule has 0 unspecified atom stereocenters. The Bertz CT molecular complexity index is 387. The first kappa shape index (κ1) is 13.2. The van der Waals surface area contributed by atoms with E-state index in [4.69, 9.17) is 11.6 Å². The highest BCUT2D eigenvalue weighted by Gasteiger charge is 2.01. The van der Waals surface area contributed by atoms with Crippen molar-refractivity contribution in [3.05, 3.63) is 33.0 Å². The molecule has 0 aliphatic rings. The maximum atomic E-state index is 11.0. The van der Waals surface area contributed by atoms with Gasteiger partial charge in [-0.2, -0.15) is 0 Å². The predicted molar refractivity (Wildman–Crippen MR) is 66.8 cm³/mol. The molecular weight excluding hydrogens is 246 g/mol. The van der Waals surface area contributed by atoms with Crippen LogP contribution in [0.3, 0.4) is 0 Å². The number of hydrogen-bond acceptors (Lipinski definition) is 4. The van der Waals surface area contributed by atoms with Gasteiger partial charge in [-0.3, -0.25) is 0 Å². The maximum Gasteiger partial charge on any atom is 0.333 e. The number of carbonyl (C=O) groups excluding carboxylic acids is 1. The number of halogens is 1. The standard InChI is InChI=1S/C11H14ClNO2S/c1-8(11(14)15-2)5-6-13-7-9-3-4-10(12)16-9/h3-5,13H,6-7H2,1-2H3/b8-5+. The van der Waals surface area contributed by atoms with E-state index in [1.807, 2.05) is 12.1 Å². The molecule has 0 aliphatic heterocycles. The van der Waals surface area contributed by atoms with Crippen molar-refractivity contribution >= 4 is 28.9 Å². The van der Waals surface area contributed by atoms with Crippen LogP contribution < -0.4 is 5.32 Å². The Morgan fingerprint density at radius 2 is 2.38 bits per heavy atom. The molecule has 88 valence electrons. The molecule has 3 nitrogen and oxygen atoms in total. The third-order valence-corrected chi connectivity index (χ3v) is 3.22. The number of ether oxygens (including phenoxy) is 1. The van der Waals surface area contributed by atoms with Gasteiger partial charge in [0.1, 0.15) is 0 Å². The highest BCUT2D eigenvalue weighted by molar-refractivity contribution is 7.16. The molecule has 0 bridgehead atoms. The Hall–Kier alpha value is -0.840. The van der Waals surface area contributed by atoms with Crippen LogP contribution in [0.1, 0.15) is 11.8 Å². The quantitative estimate of drug-likeness (QED) is 0.502. The van der Waals surface area contributed by atoms with Gasteiger partial charge in [0.25, 0.3) is 0 Å². The molecule has 1 rings (SSSR count). The van der Waals surface area contributed by atoms with E-state index >= 15 is 0 Å². The van der Waals surface area contributed by atoms with Gasteiger partial charge in [0.05, 0.1) is 11.4 Å². The molecule has 0 spiro atoms. The maximum absolute atomic E-state index is 11.0. The van der Waals surface area contributed by atoms with Gasteiger partial charge in [-0.15, -0.1) is 11.3 Å². The first-order chi connectivity index (χ1) is 7.63. The van der Waals surface area contributed by atoms with Crippen LogP contribution in [0.25, 0.3) is 0 Å². The number of carbonyl (C=O) groups is 1. The van der Waals surface area contributed by atoms with Gasteiger partial charge in [-0.05, 0) is 19.1 Å². The SMILES string of the molecule is COC(=O)/C(C)=C/CNCc1ccc(Cl)s1. The van der Waals surface area contributed by atoms with Crippen molar-refractivity contribution in [2.45, 2.75) is 13.5 Å².